The first-order valence-corrected chi connectivity index (χ1v) is 8.28. The van der Waals surface area contributed by atoms with Gasteiger partial charge in [0.15, 0.2) is 5.17 Å². The van der Waals surface area contributed by atoms with Gasteiger partial charge >= 0.3 is 0 Å². The Kier molecular flexibility index (Phi) is 5.92. The summed E-state index contributed by atoms with van der Waals surface area (Å²) < 4.78 is 0. The lowest BCUT2D eigenvalue weighted by Crippen LogP contribution is -2.28. The van der Waals surface area contributed by atoms with E-state index in [-0.39, 0.29) is 18.2 Å². The van der Waals surface area contributed by atoms with Crippen molar-refractivity contribution in [2.45, 2.75) is 32.4 Å². The second kappa shape index (κ2) is 7.92. The monoisotopic (exact) mass is 332 g/mol. The van der Waals surface area contributed by atoms with Crippen molar-refractivity contribution in [2.24, 2.45) is 16.1 Å². The molecular formula is C16H20N4O2S. The van der Waals surface area contributed by atoms with Gasteiger partial charge in [0, 0.05) is 17.8 Å². The molecule has 0 unspecified atom stereocenters. The fourth-order valence-corrected chi connectivity index (χ4v) is 2.65. The van der Waals surface area contributed by atoms with Crippen molar-refractivity contribution >= 4 is 40.1 Å². The lowest BCUT2D eigenvalue weighted by atomic mass is 10.1. The Morgan fingerprint density at radius 2 is 2.04 bits per heavy atom. The number of carbonyl (C=O) groups is 2. The van der Waals surface area contributed by atoms with E-state index >= 15 is 0 Å². The van der Waals surface area contributed by atoms with Gasteiger partial charge in [-0.15, -0.1) is 5.10 Å². The van der Waals surface area contributed by atoms with Crippen LogP contribution in [0.3, 0.4) is 0 Å². The number of nitrogens with one attached hydrogen (secondary N) is 2. The van der Waals surface area contributed by atoms with Gasteiger partial charge in [-0.1, -0.05) is 43.8 Å². The molecule has 2 N–H and O–H groups in total. The van der Waals surface area contributed by atoms with Crippen molar-refractivity contribution in [1.29, 1.82) is 0 Å². The van der Waals surface area contributed by atoms with Crippen LogP contribution in [0.1, 0.15) is 27.2 Å². The summed E-state index contributed by atoms with van der Waals surface area (Å²) in [5.74, 6) is -0.116. The first kappa shape index (κ1) is 17.2. The number of benzene rings is 1. The van der Waals surface area contributed by atoms with Gasteiger partial charge in [-0.25, -0.2) is 0 Å². The zero-order chi connectivity index (χ0) is 16.8. The molecular weight excluding hydrogens is 312 g/mol. The number of thioether (sulfide) groups is 1. The number of anilines is 1. The topological polar surface area (TPSA) is 82.9 Å². The van der Waals surface area contributed by atoms with Gasteiger partial charge in [-0.05, 0) is 25.0 Å². The van der Waals surface area contributed by atoms with Gasteiger partial charge in [-0.3, -0.25) is 9.59 Å². The molecule has 23 heavy (non-hydrogen) atoms. The van der Waals surface area contributed by atoms with Crippen LogP contribution in [0.15, 0.2) is 40.5 Å². The van der Waals surface area contributed by atoms with E-state index in [9.17, 15) is 9.59 Å². The largest absolute Gasteiger partial charge is 0.326 e. The molecule has 2 amide bonds. The molecule has 1 heterocycles. The predicted octanol–water partition coefficient (Wildman–Crippen LogP) is 2.63. The number of para-hydroxylation sites is 1. The summed E-state index contributed by atoms with van der Waals surface area (Å²) in [5.41, 5.74) is 1.60. The number of rotatable bonds is 5. The average Bonchev–Trinajstić information content (AvgIpc) is 2.85. The van der Waals surface area contributed by atoms with E-state index in [1.54, 1.807) is 12.1 Å². The Morgan fingerprint density at radius 3 is 2.70 bits per heavy atom. The fraction of sp³-hybridized carbons (Fsp3) is 0.375. The van der Waals surface area contributed by atoms with Crippen LogP contribution in [0.2, 0.25) is 0 Å². The molecule has 0 aromatic heterocycles. The van der Waals surface area contributed by atoms with Crippen LogP contribution in [-0.2, 0) is 9.59 Å². The second-order valence-corrected chi connectivity index (χ2v) is 6.71. The molecule has 0 aliphatic carbocycles. The van der Waals surface area contributed by atoms with E-state index in [1.165, 1.54) is 11.8 Å². The SMILES string of the molecule is C/C(=N\N=C1/NC(=O)[C@H](CC(=O)Nc2ccccc2)S1)C(C)C. The van der Waals surface area contributed by atoms with Gasteiger partial charge < -0.3 is 10.6 Å². The quantitative estimate of drug-likeness (QED) is 0.642. The highest BCUT2D eigenvalue weighted by molar-refractivity contribution is 8.15. The van der Waals surface area contributed by atoms with Gasteiger partial charge in [0.2, 0.25) is 11.8 Å². The zero-order valence-corrected chi connectivity index (χ0v) is 14.2. The molecule has 0 spiro atoms. The molecule has 0 saturated carbocycles. The molecule has 1 fully saturated rings. The van der Waals surface area contributed by atoms with E-state index in [0.29, 0.717) is 16.8 Å². The second-order valence-electron chi connectivity index (χ2n) is 5.52. The molecule has 6 nitrogen and oxygen atoms in total. The number of hydrogen-bond acceptors (Lipinski definition) is 5. The normalized spacial score (nSPS) is 20.0. The van der Waals surface area contributed by atoms with Gasteiger partial charge in [0.05, 0.1) is 0 Å². The molecule has 1 aromatic rings. The molecule has 0 bridgehead atoms. The molecule has 1 aliphatic heterocycles. The predicted molar refractivity (Wildman–Crippen MR) is 94.6 cm³/mol. The minimum Gasteiger partial charge on any atom is -0.326 e. The highest BCUT2D eigenvalue weighted by atomic mass is 32.2. The molecule has 2 rings (SSSR count). The lowest BCUT2D eigenvalue weighted by Gasteiger charge is -2.06. The first-order chi connectivity index (χ1) is 11.0. The maximum atomic E-state index is 12.0. The third-order valence-corrected chi connectivity index (χ3v) is 4.41. The number of amidine groups is 1. The van der Waals surface area contributed by atoms with E-state index < -0.39 is 5.25 Å². The summed E-state index contributed by atoms with van der Waals surface area (Å²) in [6, 6.07) is 9.16. The maximum absolute atomic E-state index is 12.0. The minimum atomic E-state index is -0.480. The summed E-state index contributed by atoms with van der Waals surface area (Å²) in [4.78, 5) is 23.9. The van der Waals surface area contributed by atoms with Crippen molar-refractivity contribution in [1.82, 2.24) is 5.32 Å². The third-order valence-electron chi connectivity index (χ3n) is 3.34. The summed E-state index contributed by atoms with van der Waals surface area (Å²) in [5, 5.41) is 13.5. The molecule has 1 atom stereocenters. The number of amides is 2. The van der Waals surface area contributed by atoms with Crippen LogP contribution in [-0.4, -0.2) is 27.9 Å². The van der Waals surface area contributed by atoms with E-state index in [2.05, 4.69) is 20.8 Å². The Labute approximate surface area is 139 Å². The average molecular weight is 332 g/mol. The van der Waals surface area contributed by atoms with Crippen LogP contribution in [0.5, 0.6) is 0 Å². The van der Waals surface area contributed by atoms with E-state index in [4.69, 9.17) is 0 Å². The van der Waals surface area contributed by atoms with Crippen molar-refractivity contribution in [3.8, 4) is 0 Å². The molecule has 1 saturated heterocycles. The molecule has 7 heteroatoms. The number of hydrogen-bond donors (Lipinski definition) is 2. The third kappa shape index (κ3) is 5.21. The van der Waals surface area contributed by atoms with Gasteiger partial charge in [-0.2, -0.15) is 5.10 Å². The Hall–Kier alpha value is -2.15. The Balaban J connectivity index is 1.92. The van der Waals surface area contributed by atoms with Crippen LogP contribution < -0.4 is 10.6 Å². The highest BCUT2D eigenvalue weighted by Crippen LogP contribution is 2.23. The van der Waals surface area contributed by atoms with Crippen LogP contribution >= 0.6 is 11.8 Å². The number of carbonyl (C=O) groups excluding carboxylic acids is 2. The first-order valence-electron chi connectivity index (χ1n) is 7.40. The van der Waals surface area contributed by atoms with Crippen LogP contribution in [0.25, 0.3) is 0 Å². The fourth-order valence-electron chi connectivity index (χ4n) is 1.73. The molecule has 122 valence electrons. The van der Waals surface area contributed by atoms with Crippen molar-refractivity contribution < 1.29 is 9.59 Å². The Morgan fingerprint density at radius 1 is 1.35 bits per heavy atom. The van der Waals surface area contributed by atoms with Crippen LogP contribution in [0, 0.1) is 5.92 Å². The number of nitrogens with zero attached hydrogens (tertiary/aromatic N) is 2. The van der Waals surface area contributed by atoms with Crippen molar-refractivity contribution in [3.63, 3.8) is 0 Å². The van der Waals surface area contributed by atoms with Gasteiger partial charge in [0.1, 0.15) is 5.25 Å². The maximum Gasteiger partial charge on any atom is 0.240 e. The van der Waals surface area contributed by atoms with Gasteiger partial charge in [0.25, 0.3) is 0 Å². The summed E-state index contributed by atoms with van der Waals surface area (Å²) in [7, 11) is 0. The molecule has 1 aliphatic rings. The standard InChI is InChI=1S/C16H20N4O2S/c1-10(2)11(3)19-20-16-18-15(22)13(23-16)9-14(21)17-12-7-5-4-6-8-12/h4-8,10,13H,9H2,1-3H3,(H,17,21)(H,18,20,22)/b19-11+/t13-/m0/s1. The summed E-state index contributed by atoms with van der Waals surface area (Å²) in [6.45, 7) is 5.94. The summed E-state index contributed by atoms with van der Waals surface area (Å²) >= 11 is 1.23. The van der Waals surface area contributed by atoms with E-state index in [1.807, 2.05) is 39.0 Å². The van der Waals surface area contributed by atoms with E-state index in [0.717, 1.165) is 5.71 Å². The molecule has 0 radical (unpaired) electrons. The summed E-state index contributed by atoms with van der Waals surface area (Å²) in [6.07, 6.45) is 0.0945. The van der Waals surface area contributed by atoms with Crippen molar-refractivity contribution in [3.05, 3.63) is 30.3 Å². The lowest BCUT2D eigenvalue weighted by molar-refractivity contribution is -0.122. The smallest absolute Gasteiger partial charge is 0.240 e. The van der Waals surface area contributed by atoms with Crippen LogP contribution in [0.4, 0.5) is 5.69 Å². The minimum absolute atomic E-state index is 0.0945. The Bertz CT molecular complexity index is 641. The molecule has 1 aromatic carbocycles. The van der Waals surface area contributed by atoms with Crippen molar-refractivity contribution in [2.75, 3.05) is 5.32 Å². The highest BCUT2D eigenvalue weighted by Gasteiger charge is 2.32. The zero-order valence-electron chi connectivity index (χ0n) is 13.4.